The second-order valence-electron chi connectivity index (χ2n) is 7.83. The Morgan fingerprint density at radius 1 is 1.00 bits per heavy atom. The molecule has 2 aromatic rings. The summed E-state index contributed by atoms with van der Waals surface area (Å²) in [5.74, 6) is 0.556. The zero-order chi connectivity index (χ0) is 20.9. The van der Waals surface area contributed by atoms with Crippen LogP contribution in [0.3, 0.4) is 0 Å². The molecule has 2 unspecified atom stereocenters. The van der Waals surface area contributed by atoms with Crippen LogP contribution in [0.15, 0.2) is 54.6 Å². The van der Waals surface area contributed by atoms with Crippen molar-refractivity contribution in [1.82, 2.24) is 4.90 Å². The first-order valence-corrected chi connectivity index (χ1v) is 11.4. The molecular weight excluding hydrogens is 376 g/mol. The second kappa shape index (κ2) is 13.4. The molecule has 2 atom stereocenters. The van der Waals surface area contributed by atoms with Crippen LogP contribution in [0.2, 0.25) is 0 Å². The summed E-state index contributed by atoms with van der Waals surface area (Å²) < 4.78 is 0. The smallest absolute Gasteiger partial charge is 0.0587 e. The van der Waals surface area contributed by atoms with Crippen molar-refractivity contribution in [3.05, 3.63) is 71.3 Å². The van der Waals surface area contributed by atoms with Gasteiger partial charge in [0, 0.05) is 24.8 Å². The van der Waals surface area contributed by atoms with Crippen molar-refractivity contribution in [2.75, 3.05) is 13.1 Å². The maximum Gasteiger partial charge on any atom is 0.0587 e. The summed E-state index contributed by atoms with van der Waals surface area (Å²) in [6.45, 7) is 6.99. The molecule has 0 N–H and O–H groups in total. The van der Waals surface area contributed by atoms with Gasteiger partial charge in [0.1, 0.15) is 0 Å². The highest BCUT2D eigenvalue weighted by molar-refractivity contribution is 6.21. The van der Waals surface area contributed by atoms with Crippen LogP contribution in [-0.2, 0) is 13.0 Å². The molecule has 3 rings (SSSR count). The van der Waals surface area contributed by atoms with Gasteiger partial charge in [-0.2, -0.15) is 5.26 Å². The van der Waals surface area contributed by atoms with E-state index >= 15 is 0 Å². The number of rotatable bonds is 8. The number of nitrogens with zero attached hydrogens (tertiary/aromatic N) is 2. The van der Waals surface area contributed by atoms with Crippen LogP contribution < -0.4 is 0 Å². The maximum absolute atomic E-state index is 7.32. The van der Waals surface area contributed by atoms with Gasteiger partial charge < -0.3 is 0 Å². The van der Waals surface area contributed by atoms with Crippen molar-refractivity contribution in [3.63, 3.8) is 0 Å². The van der Waals surface area contributed by atoms with Gasteiger partial charge in [-0.05, 0) is 55.5 Å². The van der Waals surface area contributed by atoms with Crippen LogP contribution in [-0.4, -0.2) is 23.4 Å². The quantitative estimate of drug-likeness (QED) is 0.441. The van der Waals surface area contributed by atoms with Crippen LogP contribution in [0.5, 0.6) is 0 Å². The fraction of sp³-hybridized carbons (Fsp3) is 0.500. The number of halogens is 1. The van der Waals surface area contributed by atoms with Gasteiger partial charge in [-0.15, -0.1) is 11.6 Å². The van der Waals surface area contributed by atoms with Gasteiger partial charge in [0.15, 0.2) is 0 Å². The van der Waals surface area contributed by atoms with E-state index in [9.17, 15) is 0 Å². The Labute approximate surface area is 182 Å². The lowest BCUT2D eigenvalue weighted by molar-refractivity contribution is 0.276. The van der Waals surface area contributed by atoms with Gasteiger partial charge in [-0.3, -0.25) is 4.90 Å². The van der Waals surface area contributed by atoms with Crippen LogP contribution in [0, 0.1) is 11.3 Å². The SMILES string of the molecule is CC#N.CCN(CCCc1ccc(C2CCCCC2Cl)cc1)Cc1ccccc1. The Hall–Kier alpha value is -1.82. The van der Waals surface area contributed by atoms with Crippen LogP contribution >= 0.6 is 11.6 Å². The summed E-state index contributed by atoms with van der Waals surface area (Å²) in [6, 6.07) is 21.8. The monoisotopic (exact) mass is 410 g/mol. The molecule has 1 aliphatic rings. The molecule has 1 aliphatic carbocycles. The van der Waals surface area contributed by atoms with Crippen molar-refractivity contribution < 1.29 is 0 Å². The second-order valence-corrected chi connectivity index (χ2v) is 8.39. The van der Waals surface area contributed by atoms with E-state index < -0.39 is 0 Å². The average Bonchev–Trinajstić information content (AvgIpc) is 2.75. The number of hydrogen-bond donors (Lipinski definition) is 0. The highest BCUT2D eigenvalue weighted by atomic mass is 35.5. The Kier molecular flexibility index (Phi) is 10.8. The third kappa shape index (κ3) is 8.21. The molecule has 0 amide bonds. The molecule has 1 fully saturated rings. The minimum atomic E-state index is 0.325. The van der Waals surface area contributed by atoms with E-state index in [0.717, 1.165) is 26.1 Å². The fourth-order valence-electron chi connectivity index (χ4n) is 4.09. The zero-order valence-corrected chi connectivity index (χ0v) is 18.7. The molecule has 0 aromatic heterocycles. The highest BCUT2D eigenvalue weighted by Gasteiger charge is 2.24. The van der Waals surface area contributed by atoms with Crippen LogP contribution in [0.1, 0.15) is 68.6 Å². The molecule has 1 saturated carbocycles. The lowest BCUT2D eigenvalue weighted by atomic mass is 9.83. The summed E-state index contributed by atoms with van der Waals surface area (Å²) in [4.78, 5) is 2.53. The Morgan fingerprint density at radius 3 is 2.28 bits per heavy atom. The van der Waals surface area contributed by atoms with E-state index in [-0.39, 0.29) is 0 Å². The molecule has 0 radical (unpaired) electrons. The van der Waals surface area contributed by atoms with Crippen molar-refractivity contribution in [2.45, 2.75) is 70.2 Å². The van der Waals surface area contributed by atoms with E-state index in [0.29, 0.717) is 11.3 Å². The molecule has 2 aromatic carbocycles. The summed E-state index contributed by atoms with van der Waals surface area (Å²) in [5, 5.41) is 7.64. The van der Waals surface area contributed by atoms with Gasteiger partial charge in [0.05, 0.1) is 6.07 Å². The first kappa shape index (κ1) is 23.5. The number of alkyl halides is 1. The normalized spacial score (nSPS) is 18.6. The van der Waals surface area contributed by atoms with Crippen molar-refractivity contribution in [3.8, 4) is 6.07 Å². The predicted molar refractivity (Wildman–Crippen MR) is 124 cm³/mol. The number of nitriles is 1. The van der Waals surface area contributed by atoms with E-state index in [1.807, 2.05) is 0 Å². The van der Waals surface area contributed by atoms with Crippen LogP contribution in [0.25, 0.3) is 0 Å². The van der Waals surface area contributed by atoms with Crippen molar-refractivity contribution >= 4 is 11.6 Å². The predicted octanol–water partition coefficient (Wildman–Crippen LogP) is 6.94. The topological polar surface area (TPSA) is 27.0 Å². The third-order valence-electron chi connectivity index (χ3n) is 5.73. The maximum atomic E-state index is 7.32. The average molecular weight is 411 g/mol. The molecule has 3 heteroatoms. The zero-order valence-electron chi connectivity index (χ0n) is 18.0. The fourth-order valence-corrected chi connectivity index (χ4v) is 4.52. The third-order valence-corrected chi connectivity index (χ3v) is 6.25. The largest absolute Gasteiger partial charge is 0.299 e. The molecule has 0 spiro atoms. The molecule has 2 nitrogen and oxygen atoms in total. The number of aryl methyl sites for hydroxylation is 1. The van der Waals surface area contributed by atoms with E-state index in [1.54, 1.807) is 6.07 Å². The standard InChI is InChI=1S/C24H32ClN.C2H3N/c1-2-26(19-21-9-4-3-5-10-21)18-8-11-20-14-16-22(17-15-20)23-12-6-7-13-24(23)25;1-2-3/h3-5,9-10,14-17,23-24H,2,6-8,11-13,18-19H2,1H3;1H3. The Balaban J connectivity index is 0.000000941. The van der Waals surface area contributed by atoms with Gasteiger partial charge >= 0.3 is 0 Å². The van der Waals surface area contributed by atoms with Gasteiger partial charge in [-0.1, -0.05) is 74.4 Å². The first-order valence-electron chi connectivity index (χ1n) is 11.0. The summed E-state index contributed by atoms with van der Waals surface area (Å²) in [6.07, 6.45) is 7.40. The molecule has 0 bridgehead atoms. The molecule has 0 heterocycles. The van der Waals surface area contributed by atoms with Gasteiger partial charge in [0.2, 0.25) is 0 Å². The minimum absolute atomic E-state index is 0.325. The number of benzene rings is 2. The Morgan fingerprint density at radius 2 is 1.66 bits per heavy atom. The number of hydrogen-bond acceptors (Lipinski definition) is 2. The Bertz CT molecular complexity index is 721. The van der Waals surface area contributed by atoms with Crippen molar-refractivity contribution in [2.24, 2.45) is 0 Å². The molecule has 29 heavy (non-hydrogen) atoms. The van der Waals surface area contributed by atoms with Gasteiger partial charge in [0.25, 0.3) is 0 Å². The van der Waals surface area contributed by atoms with E-state index in [1.165, 1.54) is 55.7 Å². The first-order chi connectivity index (χ1) is 14.2. The molecule has 156 valence electrons. The molecule has 0 aliphatic heterocycles. The molecule has 0 saturated heterocycles. The summed E-state index contributed by atoms with van der Waals surface area (Å²) in [5.41, 5.74) is 4.29. The van der Waals surface area contributed by atoms with E-state index in [2.05, 4.69) is 66.4 Å². The highest BCUT2D eigenvalue weighted by Crippen LogP contribution is 2.36. The van der Waals surface area contributed by atoms with Crippen LogP contribution in [0.4, 0.5) is 0 Å². The summed E-state index contributed by atoms with van der Waals surface area (Å²) in [7, 11) is 0. The summed E-state index contributed by atoms with van der Waals surface area (Å²) >= 11 is 6.55. The molecular formula is C26H35ClN2. The van der Waals surface area contributed by atoms with E-state index in [4.69, 9.17) is 16.9 Å². The van der Waals surface area contributed by atoms with Gasteiger partial charge in [-0.25, -0.2) is 0 Å². The van der Waals surface area contributed by atoms with Crippen molar-refractivity contribution in [1.29, 1.82) is 5.26 Å². The minimum Gasteiger partial charge on any atom is -0.299 e. The lowest BCUT2D eigenvalue weighted by Gasteiger charge is -2.27. The lowest BCUT2D eigenvalue weighted by Crippen LogP contribution is -2.24.